The molecule has 0 aromatic rings. The van der Waals surface area contributed by atoms with E-state index in [1.54, 1.807) is 4.90 Å². The van der Waals surface area contributed by atoms with Crippen LogP contribution in [0.5, 0.6) is 0 Å². The van der Waals surface area contributed by atoms with Gasteiger partial charge in [-0.25, -0.2) is 0 Å². The number of methoxy groups -OCH3 is 1. The van der Waals surface area contributed by atoms with Crippen molar-refractivity contribution in [2.24, 2.45) is 5.92 Å². The third-order valence-electron chi connectivity index (χ3n) is 3.21. The van der Waals surface area contributed by atoms with Gasteiger partial charge in [-0.05, 0) is 18.4 Å². The molecule has 0 saturated carbocycles. The second-order valence-electron chi connectivity index (χ2n) is 5.30. The molecule has 0 aliphatic carbocycles. The highest BCUT2D eigenvalue weighted by atomic mass is 16.5. The Hall–Kier alpha value is -1.36. The van der Waals surface area contributed by atoms with Gasteiger partial charge in [0.05, 0.1) is 13.5 Å². The molecule has 0 spiro atoms. The van der Waals surface area contributed by atoms with E-state index < -0.39 is 0 Å². The van der Waals surface area contributed by atoms with Crippen LogP contribution in [0.2, 0.25) is 0 Å². The number of hydrogen-bond donors (Lipinski definition) is 1. The normalized spacial score (nSPS) is 14.1. The third-order valence-corrected chi connectivity index (χ3v) is 3.21. The zero-order chi connectivity index (χ0) is 14.4. The minimum Gasteiger partial charge on any atom is -0.469 e. The number of carbonyl (C=O) groups is 2. The van der Waals surface area contributed by atoms with Crippen molar-refractivity contribution in [3.8, 4) is 0 Å². The van der Waals surface area contributed by atoms with Gasteiger partial charge in [-0.15, -0.1) is 0 Å². The number of nitrogens with zero attached hydrogens (tertiary/aromatic N) is 1. The Balaban J connectivity index is 2.67. The lowest BCUT2D eigenvalue weighted by molar-refractivity contribution is -0.141. The molecule has 1 N–H and O–H groups in total. The van der Waals surface area contributed by atoms with E-state index in [2.05, 4.69) is 23.9 Å². The Kier molecular flexibility index (Phi) is 6.02. The molecule has 1 fully saturated rings. The smallest absolute Gasteiger partial charge is 0.307 e. The molecule has 1 amide bonds. The van der Waals surface area contributed by atoms with Crippen LogP contribution in [-0.2, 0) is 14.3 Å². The van der Waals surface area contributed by atoms with Gasteiger partial charge in [0.25, 0.3) is 0 Å². The van der Waals surface area contributed by atoms with Gasteiger partial charge in [-0.3, -0.25) is 9.59 Å². The minimum absolute atomic E-state index is 0.0362. The number of rotatable bonds is 6. The van der Waals surface area contributed by atoms with Gasteiger partial charge in [0.1, 0.15) is 0 Å². The van der Waals surface area contributed by atoms with Crippen molar-refractivity contribution >= 4 is 11.9 Å². The van der Waals surface area contributed by atoms with Crippen LogP contribution in [0.3, 0.4) is 0 Å². The monoisotopic (exact) mass is 268 g/mol. The van der Waals surface area contributed by atoms with Crippen LogP contribution in [0.15, 0.2) is 11.1 Å². The van der Waals surface area contributed by atoms with Gasteiger partial charge in [0.15, 0.2) is 0 Å². The number of nitrogens with one attached hydrogen (secondary N) is 1. The molecule has 0 bridgehead atoms. The summed E-state index contributed by atoms with van der Waals surface area (Å²) in [6.45, 7) is 8.66. The van der Waals surface area contributed by atoms with E-state index in [4.69, 9.17) is 0 Å². The maximum absolute atomic E-state index is 12.4. The second kappa shape index (κ2) is 7.28. The van der Waals surface area contributed by atoms with Crippen LogP contribution in [0.25, 0.3) is 0 Å². The Labute approximate surface area is 115 Å². The molecule has 0 atom stereocenters. The molecule has 1 saturated heterocycles. The van der Waals surface area contributed by atoms with Crippen LogP contribution in [0.4, 0.5) is 0 Å². The molecule has 0 radical (unpaired) electrons. The van der Waals surface area contributed by atoms with Gasteiger partial charge in [-0.2, -0.15) is 0 Å². The van der Waals surface area contributed by atoms with Crippen molar-refractivity contribution in [1.82, 2.24) is 10.2 Å². The Morgan fingerprint density at radius 2 is 2.00 bits per heavy atom. The quantitative estimate of drug-likeness (QED) is 0.575. The molecule has 19 heavy (non-hydrogen) atoms. The fraction of sp³-hybridized carbons (Fsp3) is 0.714. The fourth-order valence-corrected chi connectivity index (χ4v) is 1.95. The Morgan fingerprint density at radius 1 is 1.37 bits per heavy atom. The summed E-state index contributed by atoms with van der Waals surface area (Å²) in [4.78, 5) is 25.4. The SMILES string of the molecule is COC(=O)CCN(CC(C)C)C(=O)C(C)=C1CNC1. The molecule has 1 heterocycles. The van der Waals surface area contributed by atoms with Crippen LogP contribution in [0.1, 0.15) is 27.2 Å². The van der Waals surface area contributed by atoms with E-state index in [-0.39, 0.29) is 18.3 Å². The van der Waals surface area contributed by atoms with E-state index in [0.717, 1.165) is 24.2 Å². The molecule has 0 aromatic carbocycles. The van der Waals surface area contributed by atoms with Gasteiger partial charge >= 0.3 is 5.97 Å². The zero-order valence-electron chi connectivity index (χ0n) is 12.3. The van der Waals surface area contributed by atoms with Crippen LogP contribution in [0, 0.1) is 5.92 Å². The zero-order valence-corrected chi connectivity index (χ0v) is 12.3. The number of carbonyl (C=O) groups excluding carboxylic acids is 2. The highest BCUT2D eigenvalue weighted by molar-refractivity contribution is 5.94. The number of hydrogen-bond acceptors (Lipinski definition) is 4. The molecule has 1 aliphatic heterocycles. The first-order chi connectivity index (χ1) is 8.95. The van der Waals surface area contributed by atoms with E-state index in [9.17, 15) is 9.59 Å². The second-order valence-corrected chi connectivity index (χ2v) is 5.30. The molecule has 0 unspecified atom stereocenters. The summed E-state index contributed by atoms with van der Waals surface area (Å²) >= 11 is 0. The summed E-state index contributed by atoms with van der Waals surface area (Å²) in [7, 11) is 1.37. The molecular formula is C14H24N2O3. The van der Waals surface area contributed by atoms with Crippen molar-refractivity contribution in [3.05, 3.63) is 11.1 Å². The standard InChI is InChI=1S/C14H24N2O3/c1-10(2)9-16(6-5-13(17)19-4)14(18)11(3)12-7-15-8-12/h10,15H,5-9H2,1-4H3. The summed E-state index contributed by atoms with van der Waals surface area (Å²) in [5.74, 6) is 0.130. The molecule has 1 aliphatic rings. The van der Waals surface area contributed by atoms with Gasteiger partial charge in [0, 0.05) is 31.8 Å². The van der Waals surface area contributed by atoms with E-state index >= 15 is 0 Å². The minimum atomic E-state index is -0.280. The van der Waals surface area contributed by atoms with Crippen molar-refractivity contribution in [2.75, 3.05) is 33.3 Å². The fourth-order valence-electron chi connectivity index (χ4n) is 1.95. The summed E-state index contributed by atoms with van der Waals surface area (Å²) < 4.78 is 4.63. The van der Waals surface area contributed by atoms with E-state index in [1.807, 2.05) is 6.92 Å². The maximum Gasteiger partial charge on any atom is 0.307 e. The first-order valence-electron chi connectivity index (χ1n) is 6.71. The molecule has 0 aromatic heterocycles. The molecular weight excluding hydrogens is 244 g/mol. The van der Waals surface area contributed by atoms with Crippen molar-refractivity contribution in [2.45, 2.75) is 27.2 Å². The summed E-state index contributed by atoms with van der Waals surface area (Å²) in [6, 6.07) is 0. The van der Waals surface area contributed by atoms with Gasteiger partial charge < -0.3 is 15.0 Å². The van der Waals surface area contributed by atoms with Gasteiger partial charge in [0.2, 0.25) is 5.91 Å². The predicted molar refractivity (Wildman–Crippen MR) is 73.6 cm³/mol. The molecule has 5 nitrogen and oxygen atoms in total. The third kappa shape index (κ3) is 4.67. The lowest BCUT2D eigenvalue weighted by atomic mass is 10.0. The first-order valence-corrected chi connectivity index (χ1v) is 6.71. The van der Waals surface area contributed by atoms with Crippen molar-refractivity contribution in [3.63, 3.8) is 0 Å². The molecule has 5 heteroatoms. The number of esters is 1. The highest BCUT2D eigenvalue weighted by Crippen LogP contribution is 2.13. The molecule has 108 valence electrons. The number of ether oxygens (including phenoxy) is 1. The highest BCUT2D eigenvalue weighted by Gasteiger charge is 2.22. The van der Waals surface area contributed by atoms with E-state index in [1.165, 1.54) is 7.11 Å². The first kappa shape index (κ1) is 15.7. The maximum atomic E-state index is 12.4. The largest absolute Gasteiger partial charge is 0.469 e. The summed E-state index contributed by atoms with van der Waals surface area (Å²) in [6.07, 6.45) is 0.246. The van der Waals surface area contributed by atoms with Crippen molar-refractivity contribution in [1.29, 1.82) is 0 Å². The predicted octanol–water partition coefficient (Wildman–Crippen LogP) is 0.954. The summed E-state index contributed by atoms with van der Waals surface area (Å²) in [5, 5.41) is 3.13. The van der Waals surface area contributed by atoms with Crippen LogP contribution < -0.4 is 5.32 Å². The van der Waals surface area contributed by atoms with Crippen LogP contribution >= 0.6 is 0 Å². The van der Waals surface area contributed by atoms with Crippen LogP contribution in [-0.4, -0.2) is 50.1 Å². The van der Waals surface area contributed by atoms with Crippen molar-refractivity contribution < 1.29 is 14.3 Å². The van der Waals surface area contributed by atoms with Gasteiger partial charge in [-0.1, -0.05) is 13.8 Å². The lowest BCUT2D eigenvalue weighted by Gasteiger charge is -2.28. The Morgan fingerprint density at radius 3 is 2.42 bits per heavy atom. The van der Waals surface area contributed by atoms with E-state index in [0.29, 0.717) is 19.0 Å². The average molecular weight is 268 g/mol. The Bertz CT molecular complexity index is 369. The summed E-state index contributed by atoms with van der Waals surface area (Å²) in [5.41, 5.74) is 1.97. The average Bonchev–Trinajstić information content (AvgIpc) is 2.30. The number of amides is 1. The lowest BCUT2D eigenvalue weighted by Crippen LogP contribution is -2.41. The molecule has 1 rings (SSSR count). The topological polar surface area (TPSA) is 58.6 Å².